The van der Waals surface area contributed by atoms with Crippen LogP contribution in [0.25, 0.3) is 10.9 Å². The Morgan fingerprint density at radius 3 is 2.67 bits per heavy atom. The van der Waals surface area contributed by atoms with Crippen LogP contribution < -0.4 is 5.32 Å². The summed E-state index contributed by atoms with van der Waals surface area (Å²) in [5, 5.41) is 4.78. The van der Waals surface area contributed by atoms with Gasteiger partial charge in [-0.1, -0.05) is 37.6 Å². The van der Waals surface area contributed by atoms with Crippen LogP contribution in [0.3, 0.4) is 0 Å². The van der Waals surface area contributed by atoms with E-state index in [4.69, 9.17) is 0 Å². The van der Waals surface area contributed by atoms with E-state index in [0.717, 1.165) is 17.8 Å². The molecule has 0 bridgehead atoms. The minimum Gasteiger partial charge on any atom is -0.306 e. The Hall–Kier alpha value is -1.41. The summed E-state index contributed by atoms with van der Waals surface area (Å²) in [6.45, 7) is 7.55. The van der Waals surface area contributed by atoms with Gasteiger partial charge in [0, 0.05) is 17.5 Å². The van der Waals surface area contributed by atoms with Gasteiger partial charge in [-0.25, -0.2) is 0 Å². The van der Waals surface area contributed by atoms with Crippen LogP contribution in [-0.4, -0.2) is 10.5 Å². The first-order valence-electron chi connectivity index (χ1n) is 6.70. The lowest BCUT2D eigenvalue weighted by atomic mass is 9.99. The normalized spacial score (nSPS) is 11.9. The number of nitrogens with zero attached hydrogens (tertiary/aromatic N) is 1. The molecule has 2 heteroatoms. The molecule has 0 fully saturated rings. The van der Waals surface area contributed by atoms with E-state index in [9.17, 15) is 0 Å². The smallest absolute Gasteiger partial charge is 0.0705 e. The highest BCUT2D eigenvalue weighted by atomic mass is 15.0. The predicted molar refractivity (Wildman–Crippen MR) is 77.6 cm³/mol. The second kappa shape index (κ2) is 5.49. The topological polar surface area (TPSA) is 24.9 Å². The summed E-state index contributed by atoms with van der Waals surface area (Å²) in [7, 11) is 0. The van der Waals surface area contributed by atoms with Crippen LogP contribution in [0.2, 0.25) is 0 Å². The molecule has 1 heterocycles. The van der Waals surface area contributed by atoms with E-state index in [1.807, 2.05) is 12.1 Å². The summed E-state index contributed by atoms with van der Waals surface area (Å²) in [6.07, 6.45) is 2.38. The molecule has 1 aromatic heterocycles. The first-order valence-corrected chi connectivity index (χ1v) is 6.70. The van der Waals surface area contributed by atoms with Crippen molar-refractivity contribution < 1.29 is 0 Å². The average Bonchev–Trinajstić information content (AvgIpc) is 2.36. The maximum Gasteiger partial charge on any atom is 0.0705 e. The summed E-state index contributed by atoms with van der Waals surface area (Å²) >= 11 is 0. The largest absolute Gasteiger partial charge is 0.306 e. The lowest BCUT2D eigenvalue weighted by Gasteiger charge is -2.25. The van der Waals surface area contributed by atoms with Gasteiger partial charge in [-0.2, -0.15) is 0 Å². The zero-order valence-corrected chi connectivity index (χ0v) is 11.5. The van der Waals surface area contributed by atoms with Crippen molar-refractivity contribution in [3.05, 3.63) is 42.1 Å². The van der Waals surface area contributed by atoms with Gasteiger partial charge in [-0.15, -0.1) is 0 Å². The number of benzene rings is 1. The highest BCUT2D eigenvalue weighted by molar-refractivity contribution is 5.78. The highest BCUT2D eigenvalue weighted by Gasteiger charge is 2.15. The fourth-order valence-electron chi connectivity index (χ4n) is 2.25. The van der Waals surface area contributed by atoms with Crippen LogP contribution in [0.5, 0.6) is 0 Å². The molecular formula is C16H22N2. The molecule has 0 radical (unpaired) electrons. The Morgan fingerprint density at radius 2 is 1.89 bits per heavy atom. The summed E-state index contributed by atoms with van der Waals surface area (Å²) in [5.41, 5.74) is 2.37. The van der Waals surface area contributed by atoms with Crippen molar-refractivity contribution in [1.29, 1.82) is 0 Å². The van der Waals surface area contributed by atoms with Crippen LogP contribution in [0.15, 0.2) is 36.4 Å². The number of aromatic nitrogens is 1. The molecule has 0 atom stereocenters. The third-order valence-electron chi connectivity index (χ3n) is 3.28. The maximum absolute atomic E-state index is 4.68. The van der Waals surface area contributed by atoms with Crippen molar-refractivity contribution in [2.24, 2.45) is 0 Å². The number of pyridine rings is 1. The number of hydrogen-bond donors (Lipinski definition) is 1. The molecule has 96 valence electrons. The molecule has 0 aliphatic heterocycles. The maximum atomic E-state index is 4.68. The van der Waals surface area contributed by atoms with Gasteiger partial charge in [0.1, 0.15) is 0 Å². The van der Waals surface area contributed by atoms with Crippen molar-refractivity contribution in [2.45, 2.75) is 45.7 Å². The minimum atomic E-state index is 0.183. The average molecular weight is 242 g/mol. The van der Waals surface area contributed by atoms with Crippen molar-refractivity contribution >= 4 is 10.9 Å². The molecule has 0 unspecified atom stereocenters. The molecule has 1 aromatic carbocycles. The van der Waals surface area contributed by atoms with Crippen LogP contribution in [0, 0.1) is 0 Å². The van der Waals surface area contributed by atoms with Crippen LogP contribution >= 0.6 is 0 Å². The van der Waals surface area contributed by atoms with Gasteiger partial charge < -0.3 is 5.32 Å². The van der Waals surface area contributed by atoms with Gasteiger partial charge in [-0.3, -0.25) is 4.98 Å². The van der Waals surface area contributed by atoms with Crippen molar-refractivity contribution in [3.63, 3.8) is 0 Å². The van der Waals surface area contributed by atoms with E-state index in [2.05, 4.69) is 55.3 Å². The van der Waals surface area contributed by atoms with Gasteiger partial charge in [0.15, 0.2) is 0 Å². The van der Waals surface area contributed by atoms with E-state index < -0.39 is 0 Å². The van der Waals surface area contributed by atoms with E-state index in [-0.39, 0.29) is 5.54 Å². The molecule has 2 aromatic rings. The summed E-state index contributed by atoms with van der Waals surface area (Å²) < 4.78 is 0. The van der Waals surface area contributed by atoms with Gasteiger partial charge in [-0.05, 0) is 32.4 Å². The van der Waals surface area contributed by atoms with Crippen LogP contribution in [0.1, 0.15) is 39.3 Å². The Bertz CT molecular complexity index is 517. The second-order valence-corrected chi connectivity index (χ2v) is 5.48. The number of fused-ring (bicyclic) bond motifs is 1. The monoisotopic (exact) mass is 242 g/mol. The SMILES string of the molecule is CCCC(C)(C)NCc1ccc2ccccc2n1. The van der Waals surface area contributed by atoms with Crippen LogP contribution in [-0.2, 0) is 6.54 Å². The zero-order valence-electron chi connectivity index (χ0n) is 11.5. The third kappa shape index (κ3) is 3.30. The lowest BCUT2D eigenvalue weighted by Crippen LogP contribution is -2.38. The molecule has 0 aliphatic carbocycles. The summed E-state index contributed by atoms with van der Waals surface area (Å²) in [4.78, 5) is 4.68. The second-order valence-electron chi connectivity index (χ2n) is 5.48. The Morgan fingerprint density at radius 1 is 1.11 bits per heavy atom. The molecule has 1 N–H and O–H groups in total. The fraction of sp³-hybridized carbons (Fsp3) is 0.438. The lowest BCUT2D eigenvalue weighted by molar-refractivity contribution is 0.355. The highest BCUT2D eigenvalue weighted by Crippen LogP contribution is 2.14. The van der Waals surface area contributed by atoms with Crippen molar-refractivity contribution in [2.75, 3.05) is 0 Å². The molecule has 0 saturated heterocycles. The first-order chi connectivity index (χ1) is 8.61. The number of nitrogens with one attached hydrogen (secondary N) is 1. The molecule has 0 saturated carbocycles. The molecule has 0 spiro atoms. The minimum absolute atomic E-state index is 0.183. The van der Waals surface area contributed by atoms with Crippen molar-refractivity contribution in [1.82, 2.24) is 10.3 Å². The van der Waals surface area contributed by atoms with E-state index in [1.165, 1.54) is 18.2 Å². The molecule has 18 heavy (non-hydrogen) atoms. The standard InChI is InChI=1S/C16H22N2/c1-4-11-16(2,3)17-12-14-10-9-13-7-5-6-8-15(13)18-14/h5-10,17H,4,11-12H2,1-3H3. The summed E-state index contributed by atoms with van der Waals surface area (Å²) in [6, 6.07) is 12.5. The molecular weight excluding hydrogens is 220 g/mol. The number of hydrogen-bond acceptors (Lipinski definition) is 2. The van der Waals surface area contributed by atoms with Gasteiger partial charge >= 0.3 is 0 Å². The Balaban J connectivity index is 2.08. The molecule has 2 nitrogen and oxygen atoms in total. The van der Waals surface area contributed by atoms with Crippen molar-refractivity contribution in [3.8, 4) is 0 Å². The number of rotatable bonds is 5. The Labute approximate surface area is 109 Å². The summed E-state index contributed by atoms with van der Waals surface area (Å²) in [5.74, 6) is 0. The van der Waals surface area contributed by atoms with E-state index in [0.29, 0.717) is 0 Å². The fourth-order valence-corrected chi connectivity index (χ4v) is 2.25. The quantitative estimate of drug-likeness (QED) is 0.860. The molecule has 0 amide bonds. The van der Waals surface area contributed by atoms with Gasteiger partial charge in [0.2, 0.25) is 0 Å². The van der Waals surface area contributed by atoms with Crippen LogP contribution in [0.4, 0.5) is 0 Å². The third-order valence-corrected chi connectivity index (χ3v) is 3.28. The van der Waals surface area contributed by atoms with E-state index >= 15 is 0 Å². The molecule has 0 aliphatic rings. The van der Waals surface area contributed by atoms with E-state index in [1.54, 1.807) is 0 Å². The molecule has 2 rings (SSSR count). The predicted octanol–water partition coefficient (Wildman–Crippen LogP) is 3.90. The zero-order chi connectivity index (χ0) is 13.0. The Kier molecular flexibility index (Phi) is 3.97. The number of para-hydroxylation sites is 1. The first kappa shape index (κ1) is 13.0. The van der Waals surface area contributed by atoms with Gasteiger partial charge in [0.25, 0.3) is 0 Å². The van der Waals surface area contributed by atoms with Gasteiger partial charge in [0.05, 0.1) is 11.2 Å².